The SMILES string of the molecule is CN(CCCCCN)c1cccc(F)c1. The lowest BCUT2D eigenvalue weighted by molar-refractivity contribution is 0.626. The smallest absolute Gasteiger partial charge is 0.125 e. The summed E-state index contributed by atoms with van der Waals surface area (Å²) in [4.78, 5) is 2.07. The van der Waals surface area contributed by atoms with Crippen molar-refractivity contribution in [3.8, 4) is 0 Å². The average Bonchev–Trinajstić information content (AvgIpc) is 2.24. The van der Waals surface area contributed by atoms with Gasteiger partial charge in [-0.1, -0.05) is 12.5 Å². The topological polar surface area (TPSA) is 29.3 Å². The van der Waals surface area contributed by atoms with E-state index < -0.39 is 0 Å². The molecule has 1 aromatic carbocycles. The Labute approximate surface area is 90.9 Å². The molecule has 0 unspecified atom stereocenters. The number of nitrogens with zero attached hydrogens (tertiary/aromatic N) is 1. The quantitative estimate of drug-likeness (QED) is 0.730. The maximum absolute atomic E-state index is 12.9. The van der Waals surface area contributed by atoms with Gasteiger partial charge in [0.25, 0.3) is 0 Å². The Morgan fingerprint density at radius 1 is 1.27 bits per heavy atom. The Bertz CT molecular complexity index is 289. The van der Waals surface area contributed by atoms with Crippen molar-refractivity contribution in [1.82, 2.24) is 0 Å². The van der Waals surface area contributed by atoms with Crippen molar-refractivity contribution in [2.24, 2.45) is 5.73 Å². The minimum atomic E-state index is -0.179. The average molecular weight is 210 g/mol. The van der Waals surface area contributed by atoms with Crippen LogP contribution in [-0.4, -0.2) is 20.1 Å². The molecule has 2 N–H and O–H groups in total. The fourth-order valence-electron chi connectivity index (χ4n) is 1.51. The van der Waals surface area contributed by atoms with Gasteiger partial charge in [0.15, 0.2) is 0 Å². The Hall–Kier alpha value is -1.09. The minimum absolute atomic E-state index is 0.179. The van der Waals surface area contributed by atoms with Crippen LogP contribution < -0.4 is 10.6 Å². The van der Waals surface area contributed by atoms with E-state index in [1.807, 2.05) is 13.1 Å². The van der Waals surface area contributed by atoms with Crippen molar-refractivity contribution in [2.75, 3.05) is 25.0 Å². The zero-order valence-corrected chi connectivity index (χ0v) is 9.25. The second kappa shape index (κ2) is 6.40. The van der Waals surface area contributed by atoms with E-state index >= 15 is 0 Å². The van der Waals surface area contributed by atoms with Crippen LogP contribution in [-0.2, 0) is 0 Å². The number of nitrogens with two attached hydrogens (primary N) is 1. The second-order valence-electron chi connectivity index (χ2n) is 3.75. The van der Waals surface area contributed by atoms with Gasteiger partial charge in [-0.2, -0.15) is 0 Å². The van der Waals surface area contributed by atoms with E-state index in [9.17, 15) is 4.39 Å². The monoisotopic (exact) mass is 210 g/mol. The first-order chi connectivity index (χ1) is 7.24. The number of anilines is 1. The maximum Gasteiger partial charge on any atom is 0.125 e. The van der Waals surface area contributed by atoms with E-state index in [0.29, 0.717) is 0 Å². The van der Waals surface area contributed by atoms with Crippen LogP contribution in [0.4, 0.5) is 10.1 Å². The number of rotatable bonds is 6. The largest absolute Gasteiger partial charge is 0.375 e. The van der Waals surface area contributed by atoms with Crippen molar-refractivity contribution >= 4 is 5.69 Å². The molecular weight excluding hydrogens is 191 g/mol. The molecule has 1 aromatic rings. The molecule has 0 aliphatic carbocycles. The summed E-state index contributed by atoms with van der Waals surface area (Å²) in [6, 6.07) is 6.68. The molecule has 0 radical (unpaired) electrons. The number of unbranched alkanes of at least 4 members (excludes halogenated alkanes) is 2. The standard InChI is InChI=1S/C12H19FN2/c1-15(9-4-2-3-8-14)12-7-5-6-11(13)10-12/h5-7,10H,2-4,8-9,14H2,1H3. The number of hydrogen-bond donors (Lipinski definition) is 1. The van der Waals surface area contributed by atoms with Gasteiger partial charge in [-0.15, -0.1) is 0 Å². The molecule has 1 rings (SSSR count). The van der Waals surface area contributed by atoms with E-state index in [4.69, 9.17) is 5.73 Å². The van der Waals surface area contributed by atoms with Crippen LogP contribution in [0.3, 0.4) is 0 Å². The van der Waals surface area contributed by atoms with Crippen LogP contribution in [0.25, 0.3) is 0 Å². The predicted octanol–water partition coefficient (Wildman–Crippen LogP) is 2.39. The molecule has 0 amide bonds. The van der Waals surface area contributed by atoms with Crippen molar-refractivity contribution in [1.29, 1.82) is 0 Å². The second-order valence-corrected chi connectivity index (χ2v) is 3.75. The minimum Gasteiger partial charge on any atom is -0.375 e. The van der Waals surface area contributed by atoms with Crippen LogP contribution in [0.15, 0.2) is 24.3 Å². The van der Waals surface area contributed by atoms with Gasteiger partial charge in [0, 0.05) is 19.3 Å². The highest BCUT2D eigenvalue weighted by Gasteiger charge is 2.00. The third-order valence-electron chi connectivity index (χ3n) is 2.45. The van der Waals surface area contributed by atoms with Gasteiger partial charge in [-0.05, 0) is 37.6 Å². The summed E-state index contributed by atoms with van der Waals surface area (Å²) < 4.78 is 12.9. The van der Waals surface area contributed by atoms with E-state index in [-0.39, 0.29) is 5.82 Å². The molecule has 0 heterocycles. The van der Waals surface area contributed by atoms with Crippen molar-refractivity contribution < 1.29 is 4.39 Å². The Morgan fingerprint density at radius 2 is 2.07 bits per heavy atom. The number of hydrogen-bond acceptors (Lipinski definition) is 2. The molecule has 15 heavy (non-hydrogen) atoms. The Kier molecular flexibility index (Phi) is 5.12. The van der Waals surface area contributed by atoms with E-state index in [2.05, 4.69) is 4.90 Å². The van der Waals surface area contributed by atoms with Crippen LogP contribution in [0, 0.1) is 5.82 Å². The first kappa shape index (κ1) is 12.0. The van der Waals surface area contributed by atoms with E-state index in [0.717, 1.165) is 38.0 Å². The summed E-state index contributed by atoms with van der Waals surface area (Å²) in [6.07, 6.45) is 3.30. The molecule has 0 aromatic heterocycles. The molecule has 0 spiro atoms. The zero-order chi connectivity index (χ0) is 11.1. The summed E-state index contributed by atoms with van der Waals surface area (Å²) >= 11 is 0. The van der Waals surface area contributed by atoms with E-state index in [1.165, 1.54) is 6.07 Å². The van der Waals surface area contributed by atoms with E-state index in [1.54, 1.807) is 12.1 Å². The van der Waals surface area contributed by atoms with Gasteiger partial charge in [0.05, 0.1) is 0 Å². The lowest BCUT2D eigenvalue weighted by Gasteiger charge is -2.19. The molecule has 3 heteroatoms. The summed E-state index contributed by atoms with van der Waals surface area (Å²) in [5.74, 6) is -0.179. The molecule has 0 saturated heterocycles. The van der Waals surface area contributed by atoms with Gasteiger partial charge in [-0.25, -0.2) is 4.39 Å². The summed E-state index contributed by atoms with van der Waals surface area (Å²) in [6.45, 7) is 1.70. The molecular formula is C12H19FN2. The highest BCUT2D eigenvalue weighted by molar-refractivity contribution is 5.45. The van der Waals surface area contributed by atoms with Gasteiger partial charge in [0.2, 0.25) is 0 Å². The van der Waals surface area contributed by atoms with Gasteiger partial charge in [0.1, 0.15) is 5.82 Å². The van der Waals surface area contributed by atoms with Gasteiger partial charge < -0.3 is 10.6 Å². The van der Waals surface area contributed by atoms with Gasteiger partial charge in [-0.3, -0.25) is 0 Å². The number of benzene rings is 1. The first-order valence-corrected chi connectivity index (χ1v) is 5.41. The molecule has 0 bridgehead atoms. The lowest BCUT2D eigenvalue weighted by atomic mass is 10.2. The Balaban J connectivity index is 2.36. The third kappa shape index (κ3) is 4.30. The fourth-order valence-corrected chi connectivity index (χ4v) is 1.51. The van der Waals surface area contributed by atoms with Crippen LogP contribution in [0.1, 0.15) is 19.3 Å². The third-order valence-corrected chi connectivity index (χ3v) is 2.45. The van der Waals surface area contributed by atoms with Crippen molar-refractivity contribution in [3.63, 3.8) is 0 Å². The molecule has 0 atom stereocenters. The molecule has 2 nitrogen and oxygen atoms in total. The van der Waals surface area contributed by atoms with Crippen LogP contribution >= 0.6 is 0 Å². The molecule has 0 aliphatic heterocycles. The Morgan fingerprint density at radius 3 is 2.73 bits per heavy atom. The van der Waals surface area contributed by atoms with Crippen LogP contribution in [0.2, 0.25) is 0 Å². The van der Waals surface area contributed by atoms with Crippen molar-refractivity contribution in [2.45, 2.75) is 19.3 Å². The molecule has 0 fully saturated rings. The van der Waals surface area contributed by atoms with Crippen LogP contribution in [0.5, 0.6) is 0 Å². The fraction of sp³-hybridized carbons (Fsp3) is 0.500. The summed E-state index contributed by atoms with van der Waals surface area (Å²) in [5, 5.41) is 0. The highest BCUT2D eigenvalue weighted by atomic mass is 19.1. The van der Waals surface area contributed by atoms with Gasteiger partial charge >= 0.3 is 0 Å². The molecule has 0 aliphatic rings. The number of halogens is 1. The molecule has 84 valence electrons. The van der Waals surface area contributed by atoms with Crippen molar-refractivity contribution in [3.05, 3.63) is 30.1 Å². The molecule has 0 saturated carbocycles. The first-order valence-electron chi connectivity index (χ1n) is 5.41. The predicted molar refractivity (Wildman–Crippen MR) is 62.6 cm³/mol. The lowest BCUT2D eigenvalue weighted by Crippen LogP contribution is -2.18. The normalized spacial score (nSPS) is 10.3. The highest BCUT2D eigenvalue weighted by Crippen LogP contribution is 2.14. The zero-order valence-electron chi connectivity index (χ0n) is 9.25. The summed E-state index contributed by atoms with van der Waals surface area (Å²) in [5.41, 5.74) is 6.35. The summed E-state index contributed by atoms with van der Waals surface area (Å²) in [7, 11) is 1.98. The maximum atomic E-state index is 12.9.